The van der Waals surface area contributed by atoms with Crippen molar-refractivity contribution >= 4 is 39.0 Å². The third kappa shape index (κ3) is 5.64. The van der Waals surface area contributed by atoms with Gasteiger partial charge in [0.15, 0.2) is 0 Å². The van der Waals surface area contributed by atoms with Crippen LogP contribution in [0.1, 0.15) is 81.0 Å². The molecule has 1 unspecified atom stereocenters. The Morgan fingerprint density at radius 1 is 1.23 bits per heavy atom. The molecular weight excluding hydrogens is 491 g/mol. The van der Waals surface area contributed by atoms with Crippen molar-refractivity contribution in [2.45, 2.75) is 77.3 Å². The molecule has 2 aromatic rings. The standard InChI is InChI=1S/C23H35FN6O3S2/c1-14(2)20-11-18(21(34-20)15(3)4)26-23(31)27-35(32,33)30(17-7-6-10-28(5)13-17)19-12-25-29(22(19)24)16-8-9-16/h11-12,14-17H,6-10,13H2,1-5H3,(H2,26,27,31). The van der Waals surface area contributed by atoms with Crippen LogP contribution in [-0.4, -0.2) is 55.3 Å². The molecule has 1 saturated carbocycles. The predicted molar refractivity (Wildman–Crippen MR) is 137 cm³/mol. The first-order chi connectivity index (χ1) is 16.5. The first-order valence-electron chi connectivity index (χ1n) is 12.2. The Kier molecular flexibility index (Phi) is 7.44. The molecule has 9 nitrogen and oxygen atoms in total. The summed E-state index contributed by atoms with van der Waals surface area (Å²) in [4.78, 5) is 17.0. The van der Waals surface area contributed by atoms with Crippen LogP contribution in [0, 0.1) is 5.95 Å². The van der Waals surface area contributed by atoms with E-state index in [1.165, 1.54) is 10.9 Å². The Labute approximate surface area is 210 Å². The Balaban J connectivity index is 1.61. The molecule has 12 heteroatoms. The van der Waals surface area contributed by atoms with E-state index in [9.17, 15) is 13.2 Å². The first-order valence-corrected chi connectivity index (χ1v) is 14.4. The number of likely N-dealkylation sites (tertiary alicyclic amines) is 1. The average molecular weight is 527 g/mol. The monoisotopic (exact) mass is 526 g/mol. The number of rotatable bonds is 8. The number of aromatic nitrogens is 2. The third-order valence-electron chi connectivity index (χ3n) is 6.38. The number of carbonyl (C=O) groups is 1. The van der Waals surface area contributed by atoms with E-state index >= 15 is 4.39 Å². The number of urea groups is 1. The molecule has 1 aliphatic heterocycles. The summed E-state index contributed by atoms with van der Waals surface area (Å²) in [6, 6.07) is 0.459. The quantitative estimate of drug-likeness (QED) is 0.522. The van der Waals surface area contributed by atoms with Gasteiger partial charge < -0.3 is 10.2 Å². The second kappa shape index (κ2) is 10.1. The molecule has 0 radical (unpaired) electrons. The van der Waals surface area contributed by atoms with Crippen LogP contribution in [0.15, 0.2) is 12.3 Å². The van der Waals surface area contributed by atoms with Crippen LogP contribution in [0.5, 0.6) is 0 Å². The average Bonchev–Trinajstić information content (AvgIpc) is 3.40. The molecule has 0 spiro atoms. The molecule has 2 amide bonds. The van der Waals surface area contributed by atoms with Crippen molar-refractivity contribution in [2.75, 3.05) is 29.8 Å². The van der Waals surface area contributed by atoms with Crippen molar-refractivity contribution in [3.63, 3.8) is 0 Å². The maximum Gasteiger partial charge on any atom is 0.334 e. The van der Waals surface area contributed by atoms with E-state index < -0.39 is 28.2 Å². The minimum absolute atomic E-state index is 0.0400. The number of hydrogen-bond donors (Lipinski definition) is 2. The summed E-state index contributed by atoms with van der Waals surface area (Å²) in [5.41, 5.74) is 0.469. The van der Waals surface area contributed by atoms with Crippen LogP contribution in [0.25, 0.3) is 0 Å². The van der Waals surface area contributed by atoms with Gasteiger partial charge >= 0.3 is 16.2 Å². The summed E-state index contributed by atoms with van der Waals surface area (Å²) < 4.78 is 46.8. The number of likely N-dealkylation sites (N-methyl/N-ethyl adjacent to an activating group) is 1. The predicted octanol–water partition coefficient (Wildman–Crippen LogP) is 4.63. The lowest BCUT2D eigenvalue weighted by Crippen LogP contribution is -2.54. The zero-order valence-electron chi connectivity index (χ0n) is 20.9. The molecule has 2 N–H and O–H groups in total. The summed E-state index contributed by atoms with van der Waals surface area (Å²) in [5, 5.41) is 6.84. The fourth-order valence-corrected chi connectivity index (χ4v) is 6.91. The van der Waals surface area contributed by atoms with Gasteiger partial charge in [-0.1, -0.05) is 27.7 Å². The Hall–Kier alpha value is -2.18. The second-order valence-electron chi connectivity index (χ2n) is 10.1. The van der Waals surface area contributed by atoms with Crippen LogP contribution < -0.4 is 14.3 Å². The van der Waals surface area contributed by atoms with Crippen molar-refractivity contribution in [3.05, 3.63) is 28.0 Å². The third-order valence-corrected chi connectivity index (χ3v) is 9.57. The van der Waals surface area contributed by atoms with Gasteiger partial charge in [-0.25, -0.2) is 18.5 Å². The minimum Gasteiger partial charge on any atom is -0.306 e. The van der Waals surface area contributed by atoms with Gasteiger partial charge in [0.2, 0.25) is 5.95 Å². The number of hydrogen-bond acceptors (Lipinski definition) is 6. The van der Waals surface area contributed by atoms with Gasteiger partial charge in [0.25, 0.3) is 0 Å². The fourth-order valence-electron chi connectivity index (χ4n) is 4.46. The molecule has 3 heterocycles. The smallest absolute Gasteiger partial charge is 0.306 e. The number of thiophene rings is 1. The number of nitrogens with one attached hydrogen (secondary N) is 2. The van der Waals surface area contributed by atoms with E-state index in [2.05, 4.69) is 29.0 Å². The molecule has 2 aromatic heterocycles. The van der Waals surface area contributed by atoms with Gasteiger partial charge in [0, 0.05) is 16.3 Å². The van der Waals surface area contributed by atoms with E-state index in [1.807, 2.05) is 31.9 Å². The van der Waals surface area contributed by atoms with Crippen molar-refractivity contribution < 1.29 is 17.6 Å². The van der Waals surface area contributed by atoms with E-state index in [-0.39, 0.29) is 23.6 Å². The van der Waals surface area contributed by atoms with E-state index in [1.54, 1.807) is 11.3 Å². The Bertz CT molecular complexity index is 1170. The SMILES string of the molecule is CC(C)c1cc(NC(=O)NS(=O)(=O)N(c2cnn(C3CC3)c2F)C2CCCN(C)C2)c(C(C)C)s1. The highest BCUT2D eigenvalue weighted by molar-refractivity contribution is 7.91. The zero-order chi connectivity index (χ0) is 25.5. The maximum atomic E-state index is 15.3. The van der Waals surface area contributed by atoms with Crippen molar-refractivity contribution in [1.29, 1.82) is 0 Å². The van der Waals surface area contributed by atoms with Gasteiger partial charge in [-0.3, -0.25) is 0 Å². The van der Waals surface area contributed by atoms with E-state index in [0.717, 1.165) is 39.9 Å². The van der Waals surface area contributed by atoms with E-state index in [4.69, 9.17) is 0 Å². The van der Waals surface area contributed by atoms with E-state index in [0.29, 0.717) is 18.7 Å². The molecule has 35 heavy (non-hydrogen) atoms. The van der Waals surface area contributed by atoms with Crippen LogP contribution in [0.4, 0.5) is 20.6 Å². The highest BCUT2D eigenvalue weighted by Crippen LogP contribution is 2.39. The molecular formula is C23H35FN6O3S2. The van der Waals surface area contributed by atoms with Crippen LogP contribution >= 0.6 is 11.3 Å². The lowest BCUT2D eigenvalue weighted by atomic mass is 10.1. The van der Waals surface area contributed by atoms with Crippen LogP contribution in [-0.2, 0) is 10.2 Å². The molecule has 0 bridgehead atoms. The largest absolute Gasteiger partial charge is 0.334 e. The van der Waals surface area contributed by atoms with Crippen molar-refractivity contribution in [3.8, 4) is 0 Å². The number of nitrogens with zero attached hydrogens (tertiary/aromatic N) is 4. The number of halogens is 1. The highest BCUT2D eigenvalue weighted by atomic mass is 32.2. The first kappa shape index (κ1) is 25.9. The molecule has 0 aromatic carbocycles. The molecule has 2 fully saturated rings. The normalized spacial score (nSPS) is 19.4. The number of carbonyl (C=O) groups excluding carboxylic acids is 1. The summed E-state index contributed by atoms with van der Waals surface area (Å²) in [5.74, 6) is -0.242. The van der Waals surface area contributed by atoms with Gasteiger partial charge in [-0.15, -0.1) is 11.3 Å². The molecule has 194 valence electrons. The number of amides is 2. The zero-order valence-corrected chi connectivity index (χ0v) is 22.5. The summed E-state index contributed by atoms with van der Waals surface area (Å²) in [6.45, 7) is 9.45. The summed E-state index contributed by atoms with van der Waals surface area (Å²) >= 11 is 1.61. The van der Waals surface area contributed by atoms with Crippen LogP contribution in [0.2, 0.25) is 0 Å². The summed E-state index contributed by atoms with van der Waals surface area (Å²) in [7, 11) is -2.52. The lowest BCUT2D eigenvalue weighted by molar-refractivity contribution is 0.251. The number of anilines is 2. The molecule has 4 rings (SSSR count). The van der Waals surface area contributed by atoms with Gasteiger partial charge in [0.05, 0.1) is 24.0 Å². The molecule has 1 aliphatic carbocycles. The fraction of sp³-hybridized carbons (Fsp3) is 0.652. The lowest BCUT2D eigenvalue weighted by Gasteiger charge is -2.37. The Morgan fingerprint density at radius 2 is 1.94 bits per heavy atom. The van der Waals surface area contributed by atoms with Gasteiger partial charge in [-0.05, 0) is 57.2 Å². The van der Waals surface area contributed by atoms with Crippen LogP contribution in [0.3, 0.4) is 0 Å². The van der Waals surface area contributed by atoms with Crippen molar-refractivity contribution in [1.82, 2.24) is 19.4 Å². The summed E-state index contributed by atoms with van der Waals surface area (Å²) in [6.07, 6.45) is 4.21. The van der Waals surface area contributed by atoms with Crippen molar-refractivity contribution in [2.24, 2.45) is 0 Å². The highest BCUT2D eigenvalue weighted by Gasteiger charge is 2.39. The minimum atomic E-state index is -4.42. The molecule has 1 atom stereocenters. The topological polar surface area (TPSA) is 99.6 Å². The molecule has 2 aliphatic rings. The molecule has 1 saturated heterocycles. The number of piperidine rings is 1. The maximum absolute atomic E-state index is 15.3. The van der Waals surface area contributed by atoms with Gasteiger partial charge in [0.1, 0.15) is 5.69 Å². The van der Waals surface area contributed by atoms with Gasteiger partial charge in [-0.2, -0.15) is 17.9 Å². The Morgan fingerprint density at radius 3 is 2.54 bits per heavy atom. The second-order valence-corrected chi connectivity index (χ2v) is 12.8.